The average molecular weight is 341 g/mol. The number of hydrogen-bond donors (Lipinski definition) is 0. The highest BCUT2D eigenvalue weighted by Gasteiger charge is 2.27. The van der Waals surface area contributed by atoms with E-state index in [2.05, 4.69) is 34.7 Å². The zero-order valence-corrected chi connectivity index (χ0v) is 15.2. The number of hydrogen-bond acceptors (Lipinski definition) is 5. The van der Waals surface area contributed by atoms with E-state index in [0.29, 0.717) is 23.9 Å². The fraction of sp³-hybridized carbons (Fsp3) is 0.632. The zero-order valence-electron chi connectivity index (χ0n) is 15.2. The number of likely N-dealkylation sites (tertiary alicyclic amines) is 1. The summed E-state index contributed by atoms with van der Waals surface area (Å²) in [6.45, 7) is 10.2. The average Bonchev–Trinajstić information content (AvgIpc) is 2.61. The summed E-state index contributed by atoms with van der Waals surface area (Å²) in [6, 6.07) is 5.79. The second kappa shape index (κ2) is 7.83. The van der Waals surface area contributed by atoms with Gasteiger partial charge in [-0.05, 0) is 30.4 Å². The van der Waals surface area contributed by atoms with Crippen LogP contribution in [0.3, 0.4) is 0 Å². The van der Waals surface area contributed by atoms with Crippen molar-refractivity contribution >= 4 is 11.7 Å². The van der Waals surface area contributed by atoms with Crippen molar-refractivity contribution in [1.82, 2.24) is 14.8 Å². The number of nitrogens with zero attached hydrogens (tertiary/aromatic N) is 5. The largest absolute Gasteiger partial charge is 0.354 e. The first-order valence-corrected chi connectivity index (χ1v) is 9.16. The van der Waals surface area contributed by atoms with Gasteiger partial charge in [0.05, 0.1) is 12.1 Å². The van der Waals surface area contributed by atoms with E-state index in [9.17, 15) is 4.79 Å². The molecule has 0 N–H and O–H groups in total. The summed E-state index contributed by atoms with van der Waals surface area (Å²) in [7, 11) is 0. The van der Waals surface area contributed by atoms with E-state index in [1.807, 2.05) is 11.0 Å². The van der Waals surface area contributed by atoms with Gasteiger partial charge in [-0.3, -0.25) is 9.69 Å². The zero-order chi connectivity index (χ0) is 17.8. The predicted molar refractivity (Wildman–Crippen MR) is 97.1 cm³/mol. The Bertz CT molecular complexity index is 620. The minimum Gasteiger partial charge on any atom is -0.354 e. The van der Waals surface area contributed by atoms with Gasteiger partial charge >= 0.3 is 0 Å². The van der Waals surface area contributed by atoms with Crippen molar-refractivity contribution in [3.63, 3.8) is 0 Å². The Labute approximate surface area is 150 Å². The number of amides is 1. The van der Waals surface area contributed by atoms with Crippen molar-refractivity contribution in [2.45, 2.75) is 20.3 Å². The molecule has 6 heteroatoms. The Hall–Kier alpha value is -2.13. The number of carbonyl (C=O) groups is 1. The quantitative estimate of drug-likeness (QED) is 0.835. The maximum absolute atomic E-state index is 12.6. The van der Waals surface area contributed by atoms with E-state index in [0.717, 1.165) is 45.1 Å². The smallest absolute Gasteiger partial charge is 0.236 e. The topological polar surface area (TPSA) is 63.5 Å². The van der Waals surface area contributed by atoms with Crippen LogP contribution in [-0.2, 0) is 4.79 Å². The molecule has 2 saturated heterocycles. The highest BCUT2D eigenvalue weighted by atomic mass is 16.2. The molecular formula is C19H27N5O. The number of pyridine rings is 1. The maximum atomic E-state index is 12.6. The molecule has 0 bridgehead atoms. The van der Waals surface area contributed by atoms with Crippen LogP contribution in [-0.4, -0.2) is 66.5 Å². The number of anilines is 1. The van der Waals surface area contributed by atoms with Crippen LogP contribution in [0.5, 0.6) is 0 Å². The molecule has 0 spiro atoms. The molecule has 0 aliphatic carbocycles. The van der Waals surface area contributed by atoms with E-state index in [4.69, 9.17) is 5.26 Å². The minimum absolute atomic E-state index is 0.267. The number of piperazine rings is 1. The normalized spacial score (nSPS) is 24.8. The maximum Gasteiger partial charge on any atom is 0.236 e. The molecule has 3 heterocycles. The monoisotopic (exact) mass is 341 g/mol. The second-order valence-corrected chi connectivity index (χ2v) is 7.52. The molecule has 134 valence electrons. The van der Waals surface area contributed by atoms with Crippen LogP contribution < -0.4 is 4.90 Å². The lowest BCUT2D eigenvalue weighted by Gasteiger charge is -2.38. The number of rotatable bonds is 3. The Balaban J connectivity index is 1.48. The highest BCUT2D eigenvalue weighted by Crippen LogP contribution is 2.21. The number of aromatic nitrogens is 1. The lowest BCUT2D eigenvalue weighted by atomic mass is 9.92. The van der Waals surface area contributed by atoms with Crippen molar-refractivity contribution in [2.75, 3.05) is 50.7 Å². The Kier molecular flexibility index (Phi) is 5.54. The molecule has 0 radical (unpaired) electrons. The molecule has 1 amide bonds. The first kappa shape index (κ1) is 17.7. The molecule has 2 unspecified atom stereocenters. The van der Waals surface area contributed by atoms with Gasteiger partial charge in [-0.25, -0.2) is 4.98 Å². The Morgan fingerprint density at radius 3 is 2.44 bits per heavy atom. The first-order chi connectivity index (χ1) is 12.0. The summed E-state index contributed by atoms with van der Waals surface area (Å²) in [5, 5.41) is 8.85. The minimum atomic E-state index is 0.267. The van der Waals surface area contributed by atoms with E-state index in [-0.39, 0.29) is 5.91 Å². The van der Waals surface area contributed by atoms with Crippen molar-refractivity contribution in [2.24, 2.45) is 11.8 Å². The van der Waals surface area contributed by atoms with Crippen LogP contribution in [0, 0.1) is 23.2 Å². The SMILES string of the molecule is CC1CC(C)CN(C(=O)CN2CCN(c3ccc(C#N)cn3)CC2)C1. The third-order valence-corrected chi connectivity index (χ3v) is 5.15. The van der Waals surface area contributed by atoms with Gasteiger partial charge in [-0.2, -0.15) is 5.26 Å². The molecule has 1 aromatic rings. The van der Waals surface area contributed by atoms with Gasteiger partial charge < -0.3 is 9.80 Å². The van der Waals surface area contributed by atoms with Crippen LogP contribution >= 0.6 is 0 Å². The molecule has 1 aromatic heterocycles. The first-order valence-electron chi connectivity index (χ1n) is 9.16. The highest BCUT2D eigenvalue weighted by molar-refractivity contribution is 5.78. The second-order valence-electron chi connectivity index (χ2n) is 7.52. The van der Waals surface area contributed by atoms with Crippen LogP contribution in [0.2, 0.25) is 0 Å². The fourth-order valence-corrected chi connectivity index (χ4v) is 3.93. The van der Waals surface area contributed by atoms with E-state index in [1.165, 1.54) is 6.42 Å². The van der Waals surface area contributed by atoms with Gasteiger partial charge in [0.1, 0.15) is 11.9 Å². The molecule has 3 rings (SSSR count). The van der Waals surface area contributed by atoms with Gasteiger partial charge in [0.15, 0.2) is 0 Å². The summed E-state index contributed by atoms with van der Waals surface area (Å²) in [5.41, 5.74) is 0.581. The van der Waals surface area contributed by atoms with Crippen LogP contribution in [0.15, 0.2) is 18.3 Å². The molecule has 0 saturated carbocycles. The standard InChI is InChI=1S/C19H27N5O/c1-15-9-16(2)13-24(12-15)19(25)14-22-5-7-23(8-6-22)18-4-3-17(10-20)11-21-18/h3-4,11,15-16H,5-9,12-14H2,1-2H3. The van der Waals surface area contributed by atoms with Crippen molar-refractivity contribution in [1.29, 1.82) is 5.26 Å². The summed E-state index contributed by atoms with van der Waals surface area (Å²) < 4.78 is 0. The molecule has 2 aliphatic heterocycles. The third kappa shape index (κ3) is 4.49. The molecule has 25 heavy (non-hydrogen) atoms. The molecular weight excluding hydrogens is 314 g/mol. The van der Waals surface area contributed by atoms with Crippen LogP contribution in [0.1, 0.15) is 25.8 Å². The van der Waals surface area contributed by atoms with Gasteiger partial charge in [0.25, 0.3) is 0 Å². The molecule has 2 aliphatic rings. The fourth-order valence-electron chi connectivity index (χ4n) is 3.93. The van der Waals surface area contributed by atoms with Crippen molar-refractivity contribution in [3.8, 4) is 6.07 Å². The summed E-state index contributed by atoms with van der Waals surface area (Å²) in [4.78, 5) is 23.5. The van der Waals surface area contributed by atoms with Gasteiger partial charge in [0, 0.05) is 45.5 Å². The van der Waals surface area contributed by atoms with E-state index in [1.54, 1.807) is 12.3 Å². The number of piperidine rings is 1. The van der Waals surface area contributed by atoms with Gasteiger partial charge in [-0.1, -0.05) is 13.8 Å². The van der Waals surface area contributed by atoms with E-state index >= 15 is 0 Å². The number of nitriles is 1. The number of carbonyl (C=O) groups excluding carboxylic acids is 1. The van der Waals surface area contributed by atoms with Gasteiger partial charge in [-0.15, -0.1) is 0 Å². The predicted octanol–water partition coefficient (Wildman–Crippen LogP) is 1.58. The van der Waals surface area contributed by atoms with Crippen LogP contribution in [0.4, 0.5) is 5.82 Å². The lowest BCUT2D eigenvalue weighted by molar-refractivity contribution is -0.135. The summed E-state index contributed by atoms with van der Waals surface area (Å²) >= 11 is 0. The lowest BCUT2D eigenvalue weighted by Crippen LogP contribution is -2.52. The summed E-state index contributed by atoms with van der Waals surface area (Å²) in [5.74, 6) is 2.38. The Morgan fingerprint density at radius 1 is 1.20 bits per heavy atom. The third-order valence-electron chi connectivity index (χ3n) is 5.15. The molecule has 2 fully saturated rings. The van der Waals surface area contributed by atoms with E-state index < -0.39 is 0 Å². The van der Waals surface area contributed by atoms with Crippen molar-refractivity contribution in [3.05, 3.63) is 23.9 Å². The Morgan fingerprint density at radius 2 is 1.88 bits per heavy atom. The summed E-state index contributed by atoms with van der Waals surface area (Å²) in [6.07, 6.45) is 2.84. The molecule has 2 atom stereocenters. The molecule has 6 nitrogen and oxygen atoms in total. The molecule has 0 aromatic carbocycles. The van der Waals surface area contributed by atoms with Gasteiger partial charge in [0.2, 0.25) is 5.91 Å². The van der Waals surface area contributed by atoms with Crippen molar-refractivity contribution < 1.29 is 4.79 Å². The van der Waals surface area contributed by atoms with Crippen LogP contribution in [0.25, 0.3) is 0 Å².